The van der Waals surface area contributed by atoms with E-state index in [2.05, 4.69) is 21.9 Å². The number of ether oxygens (including phenoxy) is 1. The Balaban J connectivity index is 1.74. The molecular weight excluding hydrogens is 366 g/mol. The molecule has 2 aromatic carbocycles. The lowest BCUT2D eigenvalue weighted by molar-refractivity contribution is 0.0274. The Bertz CT molecular complexity index is 1150. The number of H-pyrrole nitrogens is 1. The molecular formula is C23H19N3O3. The molecule has 4 rings (SSSR count). The number of carbonyl (C=O) groups excluding carboxylic acids is 2. The van der Waals surface area contributed by atoms with E-state index >= 15 is 0 Å². The summed E-state index contributed by atoms with van der Waals surface area (Å²) in [6.07, 6.45) is 5.62. The van der Waals surface area contributed by atoms with Gasteiger partial charge in [0.05, 0.1) is 6.20 Å². The highest BCUT2D eigenvalue weighted by Gasteiger charge is 2.29. The summed E-state index contributed by atoms with van der Waals surface area (Å²) < 4.78 is 5.61. The minimum atomic E-state index is -1.09. The predicted molar refractivity (Wildman–Crippen MR) is 109 cm³/mol. The normalized spacial score (nSPS) is 11.9. The summed E-state index contributed by atoms with van der Waals surface area (Å²) in [7, 11) is 0. The van der Waals surface area contributed by atoms with Crippen molar-refractivity contribution in [2.24, 2.45) is 0 Å². The number of Topliss-reactive ketones (excluding diaryl/α,β-unsaturated/α-hetero) is 1. The molecule has 0 saturated heterocycles. The molecule has 1 N–H and O–H groups in total. The molecule has 4 aromatic rings. The molecule has 0 saturated carbocycles. The van der Waals surface area contributed by atoms with Crippen molar-refractivity contribution >= 4 is 22.7 Å². The number of nitrogens with one attached hydrogen (secondary N) is 1. The summed E-state index contributed by atoms with van der Waals surface area (Å²) in [4.78, 5) is 37.1. The molecule has 6 heteroatoms. The fraction of sp³-hybridized carbons (Fsp3) is 0.130. The van der Waals surface area contributed by atoms with Crippen LogP contribution in [0.5, 0.6) is 0 Å². The maximum absolute atomic E-state index is 13.5. The lowest BCUT2D eigenvalue weighted by Crippen LogP contribution is -2.21. The van der Waals surface area contributed by atoms with Crippen molar-refractivity contribution in [2.45, 2.75) is 19.4 Å². The Morgan fingerprint density at radius 3 is 2.62 bits per heavy atom. The second-order valence-electron chi connectivity index (χ2n) is 6.55. The van der Waals surface area contributed by atoms with Gasteiger partial charge in [-0.15, -0.1) is 0 Å². The summed E-state index contributed by atoms with van der Waals surface area (Å²) >= 11 is 0. The van der Waals surface area contributed by atoms with Crippen LogP contribution in [0.3, 0.4) is 0 Å². The fourth-order valence-electron chi connectivity index (χ4n) is 3.33. The van der Waals surface area contributed by atoms with Crippen LogP contribution in [0.1, 0.15) is 45.0 Å². The van der Waals surface area contributed by atoms with Gasteiger partial charge < -0.3 is 9.72 Å². The molecule has 0 spiro atoms. The molecule has 2 heterocycles. The topological polar surface area (TPSA) is 84.9 Å². The number of benzene rings is 2. The summed E-state index contributed by atoms with van der Waals surface area (Å²) in [5, 5.41) is 0.811. The largest absolute Gasteiger partial charge is 0.444 e. The zero-order chi connectivity index (χ0) is 20.2. The molecule has 0 fully saturated rings. The van der Waals surface area contributed by atoms with E-state index < -0.39 is 12.1 Å². The molecule has 6 nitrogen and oxygen atoms in total. The highest BCUT2D eigenvalue weighted by Crippen LogP contribution is 2.29. The highest BCUT2D eigenvalue weighted by molar-refractivity contribution is 6.11. The molecule has 0 aliphatic heterocycles. The van der Waals surface area contributed by atoms with E-state index in [4.69, 9.17) is 4.74 Å². The number of hydrogen-bond acceptors (Lipinski definition) is 5. The number of aryl methyl sites for hydroxylation is 1. The van der Waals surface area contributed by atoms with Gasteiger partial charge in [0, 0.05) is 40.6 Å². The zero-order valence-electron chi connectivity index (χ0n) is 15.8. The maximum atomic E-state index is 13.5. The van der Waals surface area contributed by atoms with E-state index in [-0.39, 0.29) is 11.5 Å². The van der Waals surface area contributed by atoms with Gasteiger partial charge in [-0.05, 0) is 12.0 Å². The minimum Gasteiger partial charge on any atom is -0.444 e. The van der Waals surface area contributed by atoms with Crippen LogP contribution < -0.4 is 0 Å². The molecule has 144 valence electrons. The molecule has 0 unspecified atom stereocenters. The number of aromatic nitrogens is 3. The molecule has 0 aliphatic carbocycles. The van der Waals surface area contributed by atoms with Crippen molar-refractivity contribution in [3.05, 3.63) is 95.7 Å². The standard InChI is InChI=1S/C23H19N3O3/c1-2-15-9-6-10-17-18(13-26-20(15)17)21(27)22(16-7-4-3-5-8-16)29-23(28)19-14-24-11-12-25-19/h3-14,22,26H,2H2,1H3/t22-/m0/s1. The summed E-state index contributed by atoms with van der Waals surface area (Å²) in [6.45, 7) is 2.06. The van der Waals surface area contributed by atoms with Gasteiger partial charge in [0.15, 0.2) is 11.8 Å². The SMILES string of the molecule is CCc1cccc2c(C(=O)[C@@H](OC(=O)c3cnccn3)c3ccccc3)c[nH]c12. The van der Waals surface area contributed by atoms with Gasteiger partial charge in [-0.1, -0.05) is 55.5 Å². The first-order chi connectivity index (χ1) is 14.2. The molecule has 1 atom stereocenters. The first kappa shape index (κ1) is 18.6. The number of rotatable bonds is 6. The summed E-state index contributed by atoms with van der Waals surface area (Å²) in [5.74, 6) is -0.998. The number of ketones is 1. The Labute approximate surface area is 167 Å². The average molecular weight is 385 g/mol. The van der Waals surface area contributed by atoms with Crippen molar-refractivity contribution in [1.82, 2.24) is 15.0 Å². The second-order valence-corrected chi connectivity index (χ2v) is 6.55. The van der Waals surface area contributed by atoms with Crippen LogP contribution in [0.15, 0.2) is 73.3 Å². The van der Waals surface area contributed by atoms with Gasteiger partial charge in [-0.3, -0.25) is 9.78 Å². The van der Waals surface area contributed by atoms with Crippen LogP contribution in [-0.2, 0) is 11.2 Å². The predicted octanol–water partition coefficient (Wildman–Crippen LogP) is 4.30. The molecule has 2 aromatic heterocycles. The number of para-hydroxylation sites is 1. The molecule has 0 radical (unpaired) electrons. The maximum Gasteiger partial charge on any atom is 0.359 e. The first-order valence-electron chi connectivity index (χ1n) is 9.34. The third kappa shape index (κ3) is 3.65. The van der Waals surface area contributed by atoms with E-state index in [0.717, 1.165) is 22.9 Å². The molecule has 0 bridgehead atoms. The molecule has 0 aliphatic rings. The molecule has 0 amide bonds. The van der Waals surface area contributed by atoms with E-state index in [0.29, 0.717) is 11.1 Å². The number of aromatic amines is 1. The average Bonchev–Trinajstić information content (AvgIpc) is 3.22. The van der Waals surface area contributed by atoms with Gasteiger partial charge in [0.1, 0.15) is 0 Å². The van der Waals surface area contributed by atoms with Crippen LogP contribution in [0, 0.1) is 0 Å². The van der Waals surface area contributed by atoms with Crippen molar-refractivity contribution in [3.63, 3.8) is 0 Å². The van der Waals surface area contributed by atoms with E-state index in [1.165, 1.54) is 18.6 Å². The quantitative estimate of drug-likeness (QED) is 0.395. The Morgan fingerprint density at radius 2 is 1.90 bits per heavy atom. The van der Waals surface area contributed by atoms with Crippen molar-refractivity contribution in [1.29, 1.82) is 0 Å². The number of nitrogens with zero attached hydrogens (tertiary/aromatic N) is 2. The third-order valence-corrected chi connectivity index (χ3v) is 4.79. The van der Waals surface area contributed by atoms with Gasteiger partial charge in [-0.2, -0.15) is 0 Å². The first-order valence-corrected chi connectivity index (χ1v) is 9.34. The minimum absolute atomic E-state index is 0.0495. The van der Waals surface area contributed by atoms with Crippen LogP contribution >= 0.6 is 0 Å². The van der Waals surface area contributed by atoms with Crippen LogP contribution in [0.4, 0.5) is 0 Å². The van der Waals surface area contributed by atoms with E-state index in [9.17, 15) is 9.59 Å². The van der Waals surface area contributed by atoms with Crippen LogP contribution in [0.25, 0.3) is 10.9 Å². The number of fused-ring (bicyclic) bond motifs is 1. The molecule has 29 heavy (non-hydrogen) atoms. The van der Waals surface area contributed by atoms with Crippen LogP contribution in [0.2, 0.25) is 0 Å². The van der Waals surface area contributed by atoms with E-state index in [1.807, 2.05) is 24.3 Å². The van der Waals surface area contributed by atoms with Gasteiger partial charge in [-0.25, -0.2) is 9.78 Å². The lowest BCUT2D eigenvalue weighted by Gasteiger charge is -2.17. The Kier molecular flexibility index (Phi) is 5.16. The van der Waals surface area contributed by atoms with Crippen molar-refractivity contribution in [3.8, 4) is 0 Å². The Morgan fingerprint density at radius 1 is 1.07 bits per heavy atom. The monoisotopic (exact) mass is 385 g/mol. The van der Waals surface area contributed by atoms with Crippen molar-refractivity contribution < 1.29 is 14.3 Å². The third-order valence-electron chi connectivity index (χ3n) is 4.79. The van der Waals surface area contributed by atoms with E-state index in [1.54, 1.807) is 30.5 Å². The lowest BCUT2D eigenvalue weighted by atomic mass is 9.98. The zero-order valence-corrected chi connectivity index (χ0v) is 15.8. The number of esters is 1. The Hall–Kier alpha value is -3.80. The fourth-order valence-corrected chi connectivity index (χ4v) is 3.33. The number of hydrogen-bond donors (Lipinski definition) is 1. The van der Waals surface area contributed by atoms with Crippen molar-refractivity contribution in [2.75, 3.05) is 0 Å². The summed E-state index contributed by atoms with van der Waals surface area (Å²) in [5.41, 5.74) is 3.17. The second kappa shape index (κ2) is 8.06. The highest BCUT2D eigenvalue weighted by atomic mass is 16.5. The number of carbonyl (C=O) groups is 2. The van der Waals surface area contributed by atoms with Crippen LogP contribution in [-0.4, -0.2) is 26.7 Å². The van der Waals surface area contributed by atoms with Gasteiger partial charge in [0.25, 0.3) is 0 Å². The van der Waals surface area contributed by atoms with Gasteiger partial charge in [0.2, 0.25) is 5.78 Å². The smallest absolute Gasteiger partial charge is 0.359 e. The summed E-state index contributed by atoms with van der Waals surface area (Å²) in [6, 6.07) is 14.8. The van der Waals surface area contributed by atoms with Gasteiger partial charge >= 0.3 is 5.97 Å².